The molecule has 0 aromatic carbocycles. The molecule has 0 bridgehead atoms. The molecule has 7 heteroatoms. The zero-order valence-corrected chi connectivity index (χ0v) is 8.01. The van der Waals surface area contributed by atoms with Crippen LogP contribution in [0.25, 0.3) is 0 Å². The van der Waals surface area contributed by atoms with Crippen LogP contribution in [-0.2, 0) is 14.6 Å². The van der Waals surface area contributed by atoms with Crippen molar-refractivity contribution in [3.63, 3.8) is 0 Å². The number of rotatable bonds is 1. The molecule has 1 unspecified atom stereocenters. The normalized spacial score (nSPS) is 22.1. The third kappa shape index (κ3) is 3.62. The van der Waals surface area contributed by atoms with Gasteiger partial charge >= 0.3 is 6.03 Å². The lowest BCUT2D eigenvalue weighted by Crippen LogP contribution is -2.49. The summed E-state index contributed by atoms with van der Waals surface area (Å²) in [6, 6.07) is -0.453. The van der Waals surface area contributed by atoms with Crippen LogP contribution in [-0.4, -0.2) is 47.3 Å². The minimum Gasteiger partial charge on any atom is -0.378 e. The molecule has 1 aliphatic rings. The zero-order chi connectivity index (χ0) is 9.90. The van der Waals surface area contributed by atoms with E-state index in [1.54, 1.807) is 0 Å². The number of nitrogens with two attached hydrogens (primary N) is 1. The Morgan fingerprint density at radius 2 is 2.08 bits per heavy atom. The highest BCUT2D eigenvalue weighted by Gasteiger charge is 2.17. The van der Waals surface area contributed by atoms with E-state index in [1.165, 1.54) is 4.90 Å². The molecule has 0 aromatic rings. The van der Waals surface area contributed by atoms with Crippen molar-refractivity contribution in [3.05, 3.63) is 0 Å². The highest BCUT2D eigenvalue weighted by molar-refractivity contribution is 7.96. The maximum absolute atomic E-state index is 11.3. The van der Waals surface area contributed by atoms with Crippen molar-refractivity contribution in [1.29, 1.82) is 0 Å². The molecule has 1 atom stereocenters. The fraction of sp³-hybridized carbons (Fsp3) is 0.667. The van der Waals surface area contributed by atoms with Gasteiger partial charge < -0.3 is 9.64 Å². The second-order valence-electron chi connectivity index (χ2n) is 2.73. The van der Waals surface area contributed by atoms with Gasteiger partial charge in [-0.2, -0.15) is 0 Å². The number of nitrogens with one attached hydrogen (secondary N) is 1. The number of amides is 2. The number of ether oxygens (including phenoxy) is 1. The van der Waals surface area contributed by atoms with Gasteiger partial charge in [0.15, 0.2) is 0 Å². The quantitative estimate of drug-likeness (QED) is 0.515. The van der Waals surface area contributed by atoms with Crippen molar-refractivity contribution in [2.75, 3.05) is 26.3 Å². The number of carbonyl (C=O) groups is 1. The van der Waals surface area contributed by atoms with Gasteiger partial charge in [-0.15, -0.1) is 0 Å². The standard InChI is InChI=1S/C6H13N3O3S/c1-13(7,11)8-6(10)9-2-4-12-5-3-9/h1-5H2,(H3,7,8,10,11). The Kier molecular flexibility index (Phi) is 3.12. The Labute approximate surface area is 77.3 Å². The average molecular weight is 207 g/mol. The molecule has 2 amide bonds. The molecular formula is C6H13N3O3S. The Bertz CT molecular complexity index is 281. The average Bonchev–Trinajstić information content (AvgIpc) is 2.03. The Morgan fingerprint density at radius 3 is 2.54 bits per heavy atom. The molecule has 0 saturated carbocycles. The summed E-state index contributed by atoms with van der Waals surface area (Å²) in [7, 11) is -2.95. The van der Waals surface area contributed by atoms with E-state index in [-0.39, 0.29) is 0 Å². The Balaban J connectivity index is 2.47. The van der Waals surface area contributed by atoms with Gasteiger partial charge in [-0.3, -0.25) is 4.72 Å². The van der Waals surface area contributed by atoms with Crippen LogP contribution in [0.1, 0.15) is 0 Å². The summed E-state index contributed by atoms with van der Waals surface area (Å²) < 4.78 is 18.1. The van der Waals surface area contributed by atoms with Gasteiger partial charge in [0.25, 0.3) is 0 Å². The van der Waals surface area contributed by atoms with Crippen LogP contribution in [0.15, 0.2) is 0 Å². The monoisotopic (exact) mass is 207 g/mol. The number of morpholine rings is 1. The first kappa shape index (κ1) is 10.3. The van der Waals surface area contributed by atoms with E-state index in [0.29, 0.717) is 26.3 Å². The predicted molar refractivity (Wildman–Crippen MR) is 50.4 cm³/mol. The highest BCUT2D eigenvalue weighted by Crippen LogP contribution is 1.96. The Hall–Kier alpha value is -0.790. The highest BCUT2D eigenvalue weighted by atomic mass is 32.2. The molecule has 0 spiro atoms. The van der Waals surface area contributed by atoms with E-state index < -0.39 is 15.9 Å². The summed E-state index contributed by atoms with van der Waals surface area (Å²) in [6.07, 6.45) is 0. The summed E-state index contributed by atoms with van der Waals surface area (Å²) in [6.45, 7) is 1.97. The first-order valence-corrected chi connectivity index (χ1v) is 5.57. The molecule has 1 fully saturated rings. The maximum atomic E-state index is 11.3. The molecule has 6 nitrogen and oxygen atoms in total. The summed E-state index contributed by atoms with van der Waals surface area (Å²) >= 11 is 0. The van der Waals surface area contributed by atoms with Gasteiger partial charge in [0.2, 0.25) is 0 Å². The first-order valence-electron chi connectivity index (χ1n) is 3.78. The van der Waals surface area contributed by atoms with Gasteiger partial charge in [-0.25, -0.2) is 14.1 Å². The molecule has 13 heavy (non-hydrogen) atoms. The van der Waals surface area contributed by atoms with Crippen LogP contribution in [0.5, 0.6) is 0 Å². The molecule has 3 N–H and O–H groups in total. The van der Waals surface area contributed by atoms with Crippen molar-refractivity contribution < 1.29 is 13.7 Å². The largest absolute Gasteiger partial charge is 0.378 e. The van der Waals surface area contributed by atoms with Crippen LogP contribution in [0.3, 0.4) is 0 Å². The molecule has 1 saturated heterocycles. The zero-order valence-electron chi connectivity index (χ0n) is 7.19. The van der Waals surface area contributed by atoms with Crippen molar-refractivity contribution in [3.8, 4) is 0 Å². The Morgan fingerprint density at radius 1 is 1.54 bits per heavy atom. The molecule has 1 aliphatic heterocycles. The number of hydrogen-bond acceptors (Lipinski definition) is 3. The molecule has 0 radical (unpaired) electrons. The summed E-state index contributed by atoms with van der Waals surface area (Å²) in [5.41, 5.74) is 0. The van der Waals surface area contributed by atoms with Gasteiger partial charge in [0.1, 0.15) is 9.89 Å². The lowest BCUT2D eigenvalue weighted by molar-refractivity contribution is 0.0546. The number of urea groups is 1. The predicted octanol–water partition coefficient (Wildman–Crippen LogP) is -1.47. The van der Waals surface area contributed by atoms with Crippen LogP contribution < -0.4 is 9.86 Å². The second-order valence-corrected chi connectivity index (χ2v) is 4.39. The van der Waals surface area contributed by atoms with Gasteiger partial charge in [0.05, 0.1) is 13.2 Å². The van der Waals surface area contributed by atoms with E-state index in [1.807, 2.05) is 0 Å². The van der Waals surface area contributed by atoms with E-state index in [2.05, 4.69) is 10.6 Å². The topological polar surface area (TPSA) is 84.7 Å². The SMILES string of the molecule is C=S(N)(=O)NC(=O)N1CCOCC1. The second kappa shape index (κ2) is 3.95. The molecule has 76 valence electrons. The molecule has 0 aromatic heterocycles. The van der Waals surface area contributed by atoms with Crippen LogP contribution in [0.2, 0.25) is 0 Å². The van der Waals surface area contributed by atoms with Crippen LogP contribution in [0, 0.1) is 0 Å². The minimum absolute atomic E-state index is 0.453. The van der Waals surface area contributed by atoms with Crippen molar-refractivity contribution in [1.82, 2.24) is 9.62 Å². The van der Waals surface area contributed by atoms with Crippen molar-refractivity contribution in [2.45, 2.75) is 0 Å². The third-order valence-corrected chi connectivity index (χ3v) is 2.08. The van der Waals surface area contributed by atoms with E-state index >= 15 is 0 Å². The number of hydrogen-bond donors (Lipinski definition) is 2. The minimum atomic E-state index is -2.95. The molecule has 1 rings (SSSR count). The maximum Gasteiger partial charge on any atom is 0.329 e. The summed E-state index contributed by atoms with van der Waals surface area (Å²) in [5, 5.41) is 5.07. The fourth-order valence-corrected chi connectivity index (χ4v) is 1.40. The molecule has 0 aliphatic carbocycles. The van der Waals surface area contributed by atoms with Gasteiger partial charge in [-0.1, -0.05) is 0 Å². The number of carbonyl (C=O) groups excluding carboxylic acids is 1. The van der Waals surface area contributed by atoms with E-state index in [4.69, 9.17) is 9.88 Å². The lowest BCUT2D eigenvalue weighted by Gasteiger charge is -2.26. The smallest absolute Gasteiger partial charge is 0.329 e. The van der Waals surface area contributed by atoms with Gasteiger partial charge in [0, 0.05) is 13.1 Å². The van der Waals surface area contributed by atoms with E-state index in [0.717, 1.165) is 0 Å². The van der Waals surface area contributed by atoms with Crippen molar-refractivity contribution in [2.24, 2.45) is 5.14 Å². The number of nitrogens with zero attached hydrogens (tertiary/aromatic N) is 1. The lowest BCUT2D eigenvalue weighted by atomic mass is 10.4. The third-order valence-electron chi connectivity index (χ3n) is 1.56. The summed E-state index contributed by atoms with van der Waals surface area (Å²) in [5.74, 6) is 3.12. The van der Waals surface area contributed by atoms with E-state index in [9.17, 15) is 9.00 Å². The molecule has 1 heterocycles. The van der Waals surface area contributed by atoms with Crippen LogP contribution in [0.4, 0.5) is 4.79 Å². The summed E-state index contributed by atoms with van der Waals surface area (Å²) in [4.78, 5) is 12.8. The fourth-order valence-electron chi connectivity index (χ4n) is 0.979. The molecular weight excluding hydrogens is 194 g/mol. The first-order chi connectivity index (χ1) is 5.99. The van der Waals surface area contributed by atoms with Crippen molar-refractivity contribution >= 4 is 21.8 Å². The van der Waals surface area contributed by atoms with Crippen LogP contribution >= 0.6 is 0 Å². The van der Waals surface area contributed by atoms with Gasteiger partial charge in [-0.05, 0) is 5.87 Å².